The second kappa shape index (κ2) is 3.60. The Kier molecular flexibility index (Phi) is 2.13. The lowest BCUT2D eigenvalue weighted by atomic mass is 10.0. The van der Waals surface area contributed by atoms with E-state index in [1.807, 2.05) is 0 Å². The zero-order valence-corrected chi connectivity index (χ0v) is 10.1. The molecule has 2 bridgehead atoms. The number of nitrogens with one attached hydrogen (secondary N) is 1. The first kappa shape index (κ1) is 10.6. The third-order valence-electron chi connectivity index (χ3n) is 5.15. The first-order valence-electron chi connectivity index (χ1n) is 6.78. The number of carbonyl (C=O) groups is 1. The van der Waals surface area contributed by atoms with Crippen LogP contribution in [0.5, 0.6) is 0 Å². The largest absolute Gasteiger partial charge is 0.478 e. The molecule has 3 aliphatic carbocycles. The average molecular weight is 247 g/mol. The van der Waals surface area contributed by atoms with Gasteiger partial charge in [0.1, 0.15) is 12.0 Å². The average Bonchev–Trinajstić information content (AvgIpc) is 2.81. The van der Waals surface area contributed by atoms with Gasteiger partial charge >= 0.3 is 5.97 Å². The van der Waals surface area contributed by atoms with Crippen LogP contribution in [0.4, 0.5) is 0 Å². The maximum atomic E-state index is 10.7. The van der Waals surface area contributed by atoms with Crippen LogP contribution in [0.2, 0.25) is 0 Å². The molecule has 18 heavy (non-hydrogen) atoms. The van der Waals surface area contributed by atoms with Crippen molar-refractivity contribution >= 4 is 5.97 Å². The van der Waals surface area contributed by atoms with Crippen molar-refractivity contribution in [2.45, 2.75) is 31.8 Å². The maximum absolute atomic E-state index is 10.7. The second-order valence-electron chi connectivity index (χ2n) is 6.00. The van der Waals surface area contributed by atoms with Gasteiger partial charge < -0.3 is 14.8 Å². The number of furan rings is 1. The molecule has 1 aromatic heterocycles. The number of carboxylic acid groups (broad SMARTS) is 1. The van der Waals surface area contributed by atoms with Crippen LogP contribution < -0.4 is 5.32 Å². The predicted octanol–water partition coefficient (Wildman–Crippen LogP) is 2.11. The van der Waals surface area contributed by atoms with Crippen molar-refractivity contribution in [2.24, 2.45) is 23.7 Å². The summed E-state index contributed by atoms with van der Waals surface area (Å²) >= 11 is 0. The van der Waals surface area contributed by atoms with Crippen molar-refractivity contribution in [3.8, 4) is 0 Å². The second-order valence-corrected chi connectivity index (χ2v) is 6.00. The first-order chi connectivity index (χ1) is 8.74. The highest BCUT2D eigenvalue weighted by molar-refractivity contribution is 5.87. The fourth-order valence-corrected chi connectivity index (χ4v) is 4.40. The summed E-state index contributed by atoms with van der Waals surface area (Å²) in [5.74, 6) is 3.53. The summed E-state index contributed by atoms with van der Waals surface area (Å²) in [5.41, 5.74) is 0.239. The Morgan fingerprint density at radius 2 is 2.11 bits per heavy atom. The Morgan fingerprint density at radius 3 is 2.72 bits per heavy atom. The molecule has 4 heteroatoms. The lowest BCUT2D eigenvalue weighted by molar-refractivity contribution is 0.0696. The van der Waals surface area contributed by atoms with Gasteiger partial charge in [-0.15, -0.1) is 0 Å². The number of rotatable bonds is 4. The summed E-state index contributed by atoms with van der Waals surface area (Å²) in [4.78, 5) is 10.7. The minimum Gasteiger partial charge on any atom is -0.478 e. The van der Waals surface area contributed by atoms with E-state index in [0.717, 1.165) is 29.4 Å². The molecule has 3 aliphatic rings. The molecule has 1 aromatic rings. The van der Waals surface area contributed by atoms with Gasteiger partial charge in [-0.25, -0.2) is 4.79 Å². The van der Waals surface area contributed by atoms with Crippen LogP contribution in [0.15, 0.2) is 16.7 Å². The molecule has 4 unspecified atom stereocenters. The smallest absolute Gasteiger partial charge is 0.338 e. The lowest BCUT2D eigenvalue weighted by Gasteiger charge is -2.09. The summed E-state index contributed by atoms with van der Waals surface area (Å²) in [7, 11) is 0. The Labute approximate surface area is 105 Å². The molecule has 0 saturated heterocycles. The van der Waals surface area contributed by atoms with E-state index in [9.17, 15) is 4.79 Å². The molecule has 3 fully saturated rings. The van der Waals surface area contributed by atoms with Crippen LogP contribution >= 0.6 is 0 Å². The molecule has 1 heterocycles. The molecule has 4 atom stereocenters. The predicted molar refractivity (Wildman–Crippen MR) is 64.1 cm³/mol. The highest BCUT2D eigenvalue weighted by Crippen LogP contribution is 2.65. The third kappa shape index (κ3) is 1.45. The fourth-order valence-electron chi connectivity index (χ4n) is 4.40. The van der Waals surface area contributed by atoms with Crippen molar-refractivity contribution < 1.29 is 14.3 Å². The number of hydrogen-bond acceptors (Lipinski definition) is 3. The van der Waals surface area contributed by atoms with E-state index >= 15 is 0 Å². The van der Waals surface area contributed by atoms with Gasteiger partial charge in [0.2, 0.25) is 0 Å². The van der Waals surface area contributed by atoms with Gasteiger partial charge in [-0.3, -0.25) is 0 Å². The van der Waals surface area contributed by atoms with Gasteiger partial charge in [-0.1, -0.05) is 0 Å². The molecule has 2 N–H and O–H groups in total. The monoisotopic (exact) mass is 247 g/mol. The lowest BCUT2D eigenvalue weighted by Crippen LogP contribution is -2.22. The van der Waals surface area contributed by atoms with Gasteiger partial charge in [-0.05, 0) is 49.0 Å². The third-order valence-corrected chi connectivity index (χ3v) is 5.15. The number of aromatic carboxylic acids is 1. The molecule has 96 valence electrons. The van der Waals surface area contributed by atoms with Crippen LogP contribution in [0.1, 0.15) is 35.4 Å². The van der Waals surface area contributed by atoms with Crippen LogP contribution in [0.25, 0.3) is 0 Å². The van der Waals surface area contributed by atoms with Crippen molar-refractivity contribution in [3.05, 3.63) is 23.7 Å². The molecule has 4 rings (SSSR count). The van der Waals surface area contributed by atoms with E-state index in [4.69, 9.17) is 9.52 Å². The molecular formula is C14H17NO3. The van der Waals surface area contributed by atoms with Crippen LogP contribution in [0.3, 0.4) is 0 Å². The minimum atomic E-state index is -0.925. The topological polar surface area (TPSA) is 62.5 Å². The molecule has 0 spiro atoms. The van der Waals surface area contributed by atoms with Crippen LogP contribution in [-0.2, 0) is 6.54 Å². The Morgan fingerprint density at radius 1 is 1.39 bits per heavy atom. The van der Waals surface area contributed by atoms with E-state index in [1.54, 1.807) is 6.07 Å². The van der Waals surface area contributed by atoms with E-state index in [-0.39, 0.29) is 5.56 Å². The van der Waals surface area contributed by atoms with E-state index in [1.165, 1.54) is 25.5 Å². The van der Waals surface area contributed by atoms with Crippen molar-refractivity contribution in [1.29, 1.82) is 0 Å². The molecule has 3 saturated carbocycles. The zero-order valence-electron chi connectivity index (χ0n) is 10.1. The fraction of sp³-hybridized carbons (Fsp3) is 0.643. The van der Waals surface area contributed by atoms with E-state index < -0.39 is 5.97 Å². The Hall–Kier alpha value is -1.29. The number of hydrogen-bond donors (Lipinski definition) is 2. The van der Waals surface area contributed by atoms with Crippen LogP contribution in [-0.4, -0.2) is 17.1 Å². The molecule has 0 radical (unpaired) electrons. The maximum Gasteiger partial charge on any atom is 0.338 e. The van der Waals surface area contributed by atoms with Gasteiger partial charge in [-0.2, -0.15) is 0 Å². The molecular weight excluding hydrogens is 230 g/mol. The number of carboxylic acids is 1. The van der Waals surface area contributed by atoms with Gasteiger partial charge in [0.15, 0.2) is 0 Å². The van der Waals surface area contributed by atoms with Gasteiger partial charge in [0.05, 0.1) is 12.1 Å². The summed E-state index contributed by atoms with van der Waals surface area (Å²) in [6.07, 6.45) is 5.62. The number of fused-ring (bicyclic) bond motifs is 5. The molecule has 4 nitrogen and oxygen atoms in total. The standard InChI is InChI=1S/C14H17NO3/c16-14(17)9-4-10(18-6-9)5-15-13-11-7-1-2-8(3-7)12(11)13/h4,6-8,11-13,15H,1-3,5H2,(H,16,17). The van der Waals surface area contributed by atoms with Crippen molar-refractivity contribution in [1.82, 2.24) is 5.32 Å². The van der Waals surface area contributed by atoms with Gasteiger partial charge in [0, 0.05) is 6.04 Å². The molecule has 0 aromatic carbocycles. The SMILES string of the molecule is O=C(O)c1coc(CNC2C3C4CCC(C4)C23)c1. The summed E-state index contributed by atoms with van der Waals surface area (Å²) in [6.45, 7) is 0.657. The van der Waals surface area contributed by atoms with Crippen LogP contribution in [0, 0.1) is 23.7 Å². The Balaban J connectivity index is 1.36. The van der Waals surface area contributed by atoms with Crippen molar-refractivity contribution in [2.75, 3.05) is 0 Å². The quantitative estimate of drug-likeness (QED) is 0.855. The Bertz CT molecular complexity index is 479. The first-order valence-corrected chi connectivity index (χ1v) is 6.78. The van der Waals surface area contributed by atoms with Crippen molar-refractivity contribution in [3.63, 3.8) is 0 Å². The zero-order chi connectivity index (χ0) is 12.3. The molecule has 0 aliphatic heterocycles. The van der Waals surface area contributed by atoms with Gasteiger partial charge in [0.25, 0.3) is 0 Å². The summed E-state index contributed by atoms with van der Waals surface area (Å²) in [5, 5.41) is 12.4. The highest BCUT2D eigenvalue weighted by atomic mass is 16.4. The normalized spacial score (nSPS) is 39.9. The highest BCUT2D eigenvalue weighted by Gasteiger charge is 2.64. The minimum absolute atomic E-state index is 0.239. The molecule has 0 amide bonds. The van der Waals surface area contributed by atoms with E-state index in [2.05, 4.69) is 5.32 Å². The summed E-state index contributed by atoms with van der Waals surface area (Å²) < 4.78 is 5.25. The summed E-state index contributed by atoms with van der Waals surface area (Å²) in [6, 6.07) is 2.27. The van der Waals surface area contributed by atoms with E-state index in [0.29, 0.717) is 12.6 Å².